The highest BCUT2D eigenvalue weighted by atomic mass is 32.1. The molecule has 6 heteroatoms. The summed E-state index contributed by atoms with van der Waals surface area (Å²) in [5, 5.41) is 12.5. The lowest BCUT2D eigenvalue weighted by Gasteiger charge is -2.24. The van der Waals surface area contributed by atoms with Gasteiger partial charge < -0.3 is 14.8 Å². The Labute approximate surface area is 120 Å². The molecule has 1 aromatic heterocycles. The summed E-state index contributed by atoms with van der Waals surface area (Å²) >= 11 is 1.23. The van der Waals surface area contributed by atoms with Crippen LogP contribution in [-0.4, -0.2) is 24.7 Å². The first kappa shape index (κ1) is 13.1. The van der Waals surface area contributed by atoms with E-state index in [1.54, 1.807) is 0 Å². The first-order valence-electron chi connectivity index (χ1n) is 6.31. The lowest BCUT2D eigenvalue weighted by Crippen LogP contribution is -2.33. The van der Waals surface area contributed by atoms with E-state index in [0.29, 0.717) is 22.4 Å². The number of rotatable bonds is 3. The molecule has 102 valence electrons. The molecule has 1 fully saturated rings. The minimum atomic E-state index is 0.0539. The minimum Gasteiger partial charge on any atom is -0.431 e. The highest BCUT2D eigenvalue weighted by molar-refractivity contribution is 7.13. The van der Waals surface area contributed by atoms with Gasteiger partial charge in [-0.25, -0.2) is 4.98 Å². The Morgan fingerprint density at radius 3 is 3.20 bits per heavy atom. The zero-order valence-corrected chi connectivity index (χ0v) is 11.5. The molecular weight excluding hydrogens is 274 g/mol. The molecule has 1 aliphatic heterocycles. The van der Waals surface area contributed by atoms with E-state index in [1.807, 2.05) is 30.3 Å². The quantitative estimate of drug-likeness (QED) is 0.939. The van der Waals surface area contributed by atoms with Crippen LogP contribution in [0.2, 0.25) is 0 Å². The van der Waals surface area contributed by atoms with Crippen molar-refractivity contribution >= 4 is 11.3 Å². The molecule has 20 heavy (non-hydrogen) atoms. The van der Waals surface area contributed by atoms with Gasteiger partial charge in [-0.2, -0.15) is 5.26 Å². The summed E-state index contributed by atoms with van der Waals surface area (Å²) in [5.41, 5.74) is 1.08. The van der Waals surface area contributed by atoms with Gasteiger partial charge in [0.25, 0.3) is 5.19 Å². The largest absolute Gasteiger partial charge is 0.431 e. The van der Waals surface area contributed by atoms with Crippen LogP contribution in [0.25, 0.3) is 0 Å². The number of hydrogen-bond donors (Lipinski definition) is 1. The van der Waals surface area contributed by atoms with Crippen molar-refractivity contribution < 1.29 is 9.47 Å². The zero-order chi connectivity index (χ0) is 13.8. The van der Waals surface area contributed by atoms with Gasteiger partial charge in [0.1, 0.15) is 16.7 Å². The minimum absolute atomic E-state index is 0.0539. The molecule has 0 amide bonds. The Balaban J connectivity index is 1.75. The van der Waals surface area contributed by atoms with E-state index < -0.39 is 0 Å². The molecule has 1 N–H and O–H groups in total. The SMILES string of the molecule is N#Cc1cnc(Oc2cccc([C@@H]3CNCCO3)c2)s1. The van der Waals surface area contributed by atoms with Gasteiger partial charge in [-0.3, -0.25) is 0 Å². The standard InChI is InChI=1S/C14H13N3O2S/c15-7-12-8-17-14(20-12)19-11-3-1-2-10(6-11)13-9-16-4-5-18-13/h1-3,6,8,13,16H,4-5,9H2/t13-/m0/s1. The zero-order valence-electron chi connectivity index (χ0n) is 10.7. The molecule has 0 unspecified atom stereocenters. The lowest BCUT2D eigenvalue weighted by molar-refractivity contribution is 0.0276. The Morgan fingerprint density at radius 2 is 2.45 bits per heavy atom. The van der Waals surface area contributed by atoms with Crippen LogP contribution in [0.4, 0.5) is 0 Å². The number of ether oxygens (including phenoxy) is 2. The average molecular weight is 287 g/mol. The van der Waals surface area contributed by atoms with Crippen LogP contribution in [0, 0.1) is 11.3 Å². The molecule has 2 aromatic rings. The third kappa shape index (κ3) is 2.96. The summed E-state index contributed by atoms with van der Waals surface area (Å²) in [4.78, 5) is 4.59. The second-order valence-electron chi connectivity index (χ2n) is 4.34. The summed E-state index contributed by atoms with van der Waals surface area (Å²) in [6.07, 6.45) is 1.57. The number of benzene rings is 1. The first-order valence-corrected chi connectivity index (χ1v) is 7.13. The average Bonchev–Trinajstić information content (AvgIpc) is 2.96. The Morgan fingerprint density at radius 1 is 1.50 bits per heavy atom. The normalized spacial score (nSPS) is 18.4. The maximum atomic E-state index is 8.77. The van der Waals surface area contributed by atoms with Crippen molar-refractivity contribution in [3.05, 3.63) is 40.9 Å². The number of nitrogens with one attached hydrogen (secondary N) is 1. The van der Waals surface area contributed by atoms with Gasteiger partial charge in [0.2, 0.25) is 0 Å². The third-order valence-electron chi connectivity index (χ3n) is 2.96. The molecule has 1 saturated heterocycles. The molecule has 0 saturated carbocycles. The maximum absolute atomic E-state index is 8.77. The highest BCUT2D eigenvalue weighted by Crippen LogP contribution is 2.29. The van der Waals surface area contributed by atoms with Gasteiger partial charge in [0.15, 0.2) is 0 Å². The van der Waals surface area contributed by atoms with Crippen molar-refractivity contribution in [2.45, 2.75) is 6.10 Å². The smallest absolute Gasteiger partial charge is 0.279 e. The monoisotopic (exact) mass is 287 g/mol. The molecule has 5 nitrogen and oxygen atoms in total. The highest BCUT2D eigenvalue weighted by Gasteiger charge is 2.16. The molecule has 1 aromatic carbocycles. The van der Waals surface area contributed by atoms with Crippen LogP contribution < -0.4 is 10.1 Å². The van der Waals surface area contributed by atoms with Crippen molar-refractivity contribution in [1.29, 1.82) is 5.26 Å². The van der Waals surface area contributed by atoms with Crippen LogP contribution >= 0.6 is 11.3 Å². The molecule has 0 aliphatic carbocycles. The van der Waals surface area contributed by atoms with E-state index in [1.165, 1.54) is 17.5 Å². The van der Waals surface area contributed by atoms with Crippen molar-refractivity contribution in [3.63, 3.8) is 0 Å². The van der Waals surface area contributed by atoms with Crippen LogP contribution in [0.5, 0.6) is 10.9 Å². The van der Waals surface area contributed by atoms with Gasteiger partial charge in [-0.05, 0) is 17.7 Å². The number of aromatic nitrogens is 1. The van der Waals surface area contributed by atoms with E-state index in [4.69, 9.17) is 14.7 Å². The summed E-state index contributed by atoms with van der Waals surface area (Å²) in [5.74, 6) is 0.704. The molecule has 1 aliphatic rings. The van der Waals surface area contributed by atoms with E-state index >= 15 is 0 Å². The molecule has 0 bridgehead atoms. The van der Waals surface area contributed by atoms with Gasteiger partial charge in [0.05, 0.1) is 18.9 Å². The van der Waals surface area contributed by atoms with Crippen molar-refractivity contribution in [2.24, 2.45) is 0 Å². The van der Waals surface area contributed by atoms with Crippen molar-refractivity contribution in [1.82, 2.24) is 10.3 Å². The number of hydrogen-bond acceptors (Lipinski definition) is 6. The van der Waals surface area contributed by atoms with Gasteiger partial charge >= 0.3 is 0 Å². The van der Waals surface area contributed by atoms with Gasteiger partial charge in [-0.1, -0.05) is 23.5 Å². The number of nitriles is 1. The molecular formula is C14H13N3O2S. The third-order valence-corrected chi connectivity index (χ3v) is 3.74. The van der Waals surface area contributed by atoms with E-state index in [0.717, 1.165) is 18.7 Å². The maximum Gasteiger partial charge on any atom is 0.279 e. The van der Waals surface area contributed by atoms with E-state index in [9.17, 15) is 0 Å². The first-order chi connectivity index (χ1) is 9.85. The molecule has 2 heterocycles. The molecule has 0 radical (unpaired) electrons. The summed E-state index contributed by atoms with van der Waals surface area (Å²) in [6, 6.07) is 9.81. The topological polar surface area (TPSA) is 67.2 Å². The predicted octanol–water partition coefficient (Wildman–Crippen LogP) is 2.47. The molecule has 1 atom stereocenters. The fourth-order valence-corrected chi connectivity index (χ4v) is 2.60. The van der Waals surface area contributed by atoms with Crippen LogP contribution in [0.3, 0.4) is 0 Å². The van der Waals surface area contributed by atoms with Gasteiger partial charge in [0, 0.05) is 13.1 Å². The number of nitrogens with zero attached hydrogens (tertiary/aromatic N) is 2. The van der Waals surface area contributed by atoms with E-state index in [2.05, 4.69) is 10.3 Å². The van der Waals surface area contributed by atoms with E-state index in [-0.39, 0.29) is 6.10 Å². The Bertz CT molecular complexity index is 629. The lowest BCUT2D eigenvalue weighted by atomic mass is 10.1. The number of thiazole rings is 1. The van der Waals surface area contributed by atoms with Crippen molar-refractivity contribution in [3.8, 4) is 17.0 Å². The molecule has 3 rings (SSSR count). The Hall–Kier alpha value is -1.94. The number of morpholine rings is 1. The fraction of sp³-hybridized carbons (Fsp3) is 0.286. The fourth-order valence-electron chi connectivity index (χ4n) is 2.02. The second kappa shape index (κ2) is 6.01. The van der Waals surface area contributed by atoms with Gasteiger partial charge in [-0.15, -0.1) is 0 Å². The van der Waals surface area contributed by atoms with Crippen LogP contribution in [0.1, 0.15) is 16.5 Å². The van der Waals surface area contributed by atoms with Crippen LogP contribution in [0.15, 0.2) is 30.5 Å². The summed E-state index contributed by atoms with van der Waals surface area (Å²) < 4.78 is 11.4. The molecule has 0 spiro atoms. The van der Waals surface area contributed by atoms with Crippen molar-refractivity contribution in [2.75, 3.05) is 19.7 Å². The summed E-state index contributed by atoms with van der Waals surface area (Å²) in [7, 11) is 0. The predicted molar refractivity (Wildman–Crippen MR) is 74.9 cm³/mol. The Kier molecular flexibility index (Phi) is 3.92. The second-order valence-corrected chi connectivity index (χ2v) is 5.33. The summed E-state index contributed by atoms with van der Waals surface area (Å²) in [6.45, 7) is 2.41. The van der Waals surface area contributed by atoms with Crippen LogP contribution in [-0.2, 0) is 4.74 Å².